The number of carbonyl (C=O) groups excluding carboxylic acids is 1. The van der Waals surface area contributed by atoms with Crippen LogP contribution in [0.3, 0.4) is 0 Å². The van der Waals surface area contributed by atoms with Crippen molar-refractivity contribution in [3.63, 3.8) is 0 Å². The maximum Gasteiger partial charge on any atom is 0.225 e. The first-order chi connectivity index (χ1) is 12.0. The number of hydrogen-bond acceptors (Lipinski definition) is 5. The summed E-state index contributed by atoms with van der Waals surface area (Å²) < 4.78 is 1.99. The van der Waals surface area contributed by atoms with Gasteiger partial charge in [-0.3, -0.25) is 4.79 Å². The second-order valence-electron chi connectivity index (χ2n) is 7.08. The van der Waals surface area contributed by atoms with Crippen molar-refractivity contribution in [3.8, 4) is 12.3 Å². The average molecular weight is 342 g/mol. The van der Waals surface area contributed by atoms with E-state index in [0.717, 1.165) is 43.9 Å². The molecule has 25 heavy (non-hydrogen) atoms. The van der Waals surface area contributed by atoms with Crippen molar-refractivity contribution in [1.82, 2.24) is 14.7 Å². The number of carbonyl (C=O) groups is 1. The molecule has 0 radical (unpaired) electrons. The molecule has 3 heterocycles. The SMILES string of the molecule is C#CCCC1(CCC(=O)Nc2cc(C)nn2C2CCN(C)CC2)N=N1. The van der Waals surface area contributed by atoms with Gasteiger partial charge in [0.25, 0.3) is 0 Å². The van der Waals surface area contributed by atoms with E-state index in [0.29, 0.717) is 25.3 Å². The van der Waals surface area contributed by atoms with E-state index < -0.39 is 5.66 Å². The molecule has 1 amide bonds. The van der Waals surface area contributed by atoms with Crippen LogP contribution in [0.5, 0.6) is 0 Å². The number of aromatic nitrogens is 2. The lowest BCUT2D eigenvalue weighted by Crippen LogP contribution is -2.32. The number of piperidine rings is 1. The topological polar surface area (TPSA) is 74.9 Å². The second-order valence-corrected chi connectivity index (χ2v) is 7.08. The van der Waals surface area contributed by atoms with Crippen LogP contribution in [0.1, 0.15) is 50.3 Å². The van der Waals surface area contributed by atoms with Crippen molar-refractivity contribution >= 4 is 11.7 Å². The lowest BCUT2D eigenvalue weighted by atomic mass is 10.0. The molecule has 7 heteroatoms. The molecule has 0 saturated carbocycles. The predicted octanol–water partition coefficient (Wildman–Crippen LogP) is 2.75. The molecule has 0 aromatic carbocycles. The Balaban J connectivity index is 1.56. The van der Waals surface area contributed by atoms with E-state index >= 15 is 0 Å². The lowest BCUT2D eigenvalue weighted by Gasteiger charge is -2.30. The summed E-state index contributed by atoms with van der Waals surface area (Å²) in [6.45, 7) is 4.06. The van der Waals surface area contributed by atoms with Gasteiger partial charge in [0.15, 0.2) is 5.66 Å². The monoisotopic (exact) mass is 342 g/mol. The van der Waals surface area contributed by atoms with Crippen LogP contribution in [0.25, 0.3) is 0 Å². The smallest absolute Gasteiger partial charge is 0.225 e. The third-order valence-electron chi connectivity index (χ3n) is 4.96. The fraction of sp³-hybridized carbons (Fsp3) is 0.667. The van der Waals surface area contributed by atoms with Crippen LogP contribution in [0.2, 0.25) is 0 Å². The van der Waals surface area contributed by atoms with Crippen molar-refractivity contribution in [1.29, 1.82) is 0 Å². The fourth-order valence-corrected chi connectivity index (χ4v) is 3.32. The van der Waals surface area contributed by atoms with Crippen LogP contribution in [0.15, 0.2) is 16.3 Å². The van der Waals surface area contributed by atoms with Crippen LogP contribution in [0.4, 0.5) is 5.82 Å². The normalized spacial score (nSPS) is 19.6. The van der Waals surface area contributed by atoms with Gasteiger partial charge < -0.3 is 10.2 Å². The van der Waals surface area contributed by atoms with E-state index in [1.54, 1.807) is 0 Å². The number of terminal acetylenes is 1. The largest absolute Gasteiger partial charge is 0.311 e. The fourth-order valence-electron chi connectivity index (χ4n) is 3.32. The van der Waals surface area contributed by atoms with Crippen molar-refractivity contribution in [2.45, 2.75) is 57.2 Å². The van der Waals surface area contributed by atoms with E-state index in [2.05, 4.69) is 38.5 Å². The summed E-state index contributed by atoms with van der Waals surface area (Å²) in [5, 5.41) is 15.8. The van der Waals surface area contributed by atoms with E-state index in [9.17, 15) is 4.79 Å². The molecule has 134 valence electrons. The summed E-state index contributed by atoms with van der Waals surface area (Å²) in [5.74, 6) is 3.37. The first kappa shape index (κ1) is 17.6. The van der Waals surface area contributed by atoms with Gasteiger partial charge in [-0.05, 0) is 39.9 Å². The van der Waals surface area contributed by atoms with Gasteiger partial charge in [-0.25, -0.2) is 4.68 Å². The molecule has 1 saturated heterocycles. The zero-order chi connectivity index (χ0) is 17.9. The van der Waals surface area contributed by atoms with E-state index in [4.69, 9.17) is 6.42 Å². The van der Waals surface area contributed by atoms with Crippen LogP contribution < -0.4 is 5.32 Å². The van der Waals surface area contributed by atoms with E-state index in [1.807, 2.05) is 17.7 Å². The van der Waals surface area contributed by atoms with Crippen molar-refractivity contribution < 1.29 is 4.79 Å². The molecule has 0 bridgehead atoms. The highest BCUT2D eigenvalue weighted by Gasteiger charge is 2.39. The number of hydrogen-bond donors (Lipinski definition) is 1. The Morgan fingerprint density at radius 3 is 2.76 bits per heavy atom. The van der Waals surface area contributed by atoms with Crippen LogP contribution in [-0.4, -0.2) is 46.4 Å². The Labute approximate surface area is 148 Å². The number of anilines is 1. The highest BCUT2D eigenvalue weighted by Crippen LogP contribution is 2.37. The molecular weight excluding hydrogens is 316 g/mol. The van der Waals surface area contributed by atoms with Gasteiger partial charge in [-0.15, -0.1) is 12.3 Å². The molecule has 3 rings (SSSR count). The third-order valence-corrected chi connectivity index (χ3v) is 4.96. The minimum absolute atomic E-state index is 0.0218. The highest BCUT2D eigenvalue weighted by molar-refractivity contribution is 5.90. The Kier molecular flexibility index (Phi) is 5.19. The van der Waals surface area contributed by atoms with E-state index in [1.165, 1.54) is 0 Å². The Morgan fingerprint density at radius 2 is 2.12 bits per heavy atom. The van der Waals surface area contributed by atoms with Gasteiger partial charge in [-0.1, -0.05) is 0 Å². The van der Waals surface area contributed by atoms with Gasteiger partial charge in [0.05, 0.1) is 11.7 Å². The summed E-state index contributed by atoms with van der Waals surface area (Å²) in [6, 6.07) is 2.28. The zero-order valence-corrected chi connectivity index (χ0v) is 15.0. The summed E-state index contributed by atoms with van der Waals surface area (Å²) >= 11 is 0. The lowest BCUT2D eigenvalue weighted by molar-refractivity contribution is -0.116. The first-order valence-electron chi connectivity index (χ1n) is 8.93. The number of likely N-dealkylation sites (tertiary alicyclic amines) is 1. The second kappa shape index (κ2) is 7.36. The first-order valence-corrected chi connectivity index (χ1v) is 8.93. The predicted molar refractivity (Wildman–Crippen MR) is 96.2 cm³/mol. The molecule has 1 fully saturated rings. The third kappa shape index (κ3) is 4.45. The highest BCUT2D eigenvalue weighted by atomic mass is 16.1. The number of nitrogens with one attached hydrogen (secondary N) is 1. The summed E-state index contributed by atoms with van der Waals surface area (Å²) in [7, 11) is 2.14. The molecule has 2 aliphatic heterocycles. The maximum atomic E-state index is 12.4. The quantitative estimate of drug-likeness (QED) is 0.774. The standard InChI is InChI=1S/C18H26N6O/c1-4-5-9-18(21-22-18)10-6-17(25)19-16-13-14(2)20-24(16)15-7-11-23(3)12-8-15/h1,13,15H,5-12H2,2-3H3,(H,19,25). The number of nitrogens with zero attached hydrogens (tertiary/aromatic N) is 5. The molecule has 0 spiro atoms. The molecule has 2 aliphatic rings. The Bertz CT molecular complexity index is 687. The van der Waals surface area contributed by atoms with Crippen molar-refractivity contribution in [3.05, 3.63) is 11.8 Å². The van der Waals surface area contributed by atoms with Gasteiger partial charge in [-0.2, -0.15) is 15.3 Å². The van der Waals surface area contributed by atoms with Gasteiger partial charge in [0, 0.05) is 31.7 Å². The van der Waals surface area contributed by atoms with Crippen LogP contribution in [0, 0.1) is 19.3 Å². The van der Waals surface area contributed by atoms with Gasteiger partial charge >= 0.3 is 0 Å². The zero-order valence-electron chi connectivity index (χ0n) is 15.0. The molecule has 1 aromatic heterocycles. The van der Waals surface area contributed by atoms with Gasteiger partial charge in [0.1, 0.15) is 5.82 Å². The number of amides is 1. The molecular formula is C18H26N6O. The minimum Gasteiger partial charge on any atom is -0.311 e. The van der Waals surface area contributed by atoms with Crippen molar-refractivity contribution in [2.75, 3.05) is 25.5 Å². The van der Waals surface area contributed by atoms with Crippen LogP contribution in [-0.2, 0) is 4.79 Å². The number of aryl methyl sites for hydroxylation is 1. The Morgan fingerprint density at radius 1 is 1.40 bits per heavy atom. The van der Waals surface area contributed by atoms with Crippen LogP contribution >= 0.6 is 0 Å². The molecule has 0 unspecified atom stereocenters. The molecule has 7 nitrogen and oxygen atoms in total. The van der Waals surface area contributed by atoms with Gasteiger partial charge in [0.2, 0.25) is 5.91 Å². The molecule has 1 N–H and O–H groups in total. The molecule has 0 atom stereocenters. The Hall–Kier alpha value is -2.20. The van der Waals surface area contributed by atoms with Crippen molar-refractivity contribution in [2.24, 2.45) is 10.2 Å². The van der Waals surface area contributed by atoms with E-state index in [-0.39, 0.29) is 5.91 Å². The summed E-state index contributed by atoms with van der Waals surface area (Å²) in [5.41, 5.74) is 0.514. The summed E-state index contributed by atoms with van der Waals surface area (Å²) in [4.78, 5) is 14.7. The maximum absolute atomic E-state index is 12.4. The molecule has 0 aliphatic carbocycles. The average Bonchev–Trinajstić information content (AvgIpc) is 3.28. The molecule has 1 aromatic rings. The number of rotatable bonds is 7. The summed E-state index contributed by atoms with van der Waals surface area (Å²) in [6.07, 6.45) is 9.75. The minimum atomic E-state index is -0.409.